The standard InChI is InChI=1S/C40H43Cl4N3O5/c1-40(2,3)52-39(51)45-18-10-5-4-9-13-36(48)46-35(23-26-11-7-6-8-12-26)38(50)47-24-29(19-27-14-16-31(41)33(43)21-27)37(49)30(25-47)20-28-15-17-32(42)34(44)22-28/h6-8,11-12,14-17,19-22,35H,4-5,9-10,13,18,23-25H2,1-3H3,(H,45,51)(H,46,48). The Labute approximate surface area is 325 Å². The molecule has 4 rings (SSSR count). The van der Waals surface area contributed by atoms with E-state index in [1.54, 1.807) is 53.5 Å². The van der Waals surface area contributed by atoms with E-state index in [2.05, 4.69) is 10.6 Å². The third-order valence-electron chi connectivity index (χ3n) is 8.10. The number of nitrogens with zero attached hydrogens (tertiary/aromatic N) is 1. The number of hydrogen-bond donors (Lipinski definition) is 2. The SMILES string of the molecule is CC(C)(C)OC(=O)NCCCCCCC(=O)NC(Cc1ccccc1)C(=O)N1CC(=Cc2ccc(Cl)c(Cl)c2)C(=O)C(=Cc2ccc(Cl)c(Cl)c2)C1. The van der Waals surface area contributed by atoms with Crippen molar-refractivity contribution in [2.45, 2.75) is 70.9 Å². The second kappa shape index (κ2) is 19.3. The first kappa shape index (κ1) is 40.9. The molecule has 52 heavy (non-hydrogen) atoms. The van der Waals surface area contributed by atoms with Crippen molar-refractivity contribution in [2.24, 2.45) is 0 Å². The number of carbonyl (C=O) groups is 4. The molecule has 3 amide bonds. The largest absolute Gasteiger partial charge is 0.444 e. The highest BCUT2D eigenvalue weighted by Gasteiger charge is 2.33. The molecule has 3 aromatic carbocycles. The van der Waals surface area contributed by atoms with Crippen molar-refractivity contribution < 1.29 is 23.9 Å². The highest BCUT2D eigenvalue weighted by molar-refractivity contribution is 6.42. The Balaban J connectivity index is 1.49. The number of likely N-dealkylation sites (tertiary alicyclic amines) is 1. The zero-order chi connectivity index (χ0) is 37.8. The minimum atomic E-state index is -0.876. The number of amides is 3. The molecule has 8 nitrogen and oxygen atoms in total. The van der Waals surface area contributed by atoms with Gasteiger partial charge >= 0.3 is 6.09 Å². The number of unbranched alkanes of at least 4 members (excludes halogenated alkanes) is 3. The fraction of sp³-hybridized carbons (Fsp3) is 0.350. The molecule has 0 spiro atoms. The molecule has 1 heterocycles. The second-order valence-electron chi connectivity index (χ2n) is 13.6. The summed E-state index contributed by atoms with van der Waals surface area (Å²) in [5, 5.41) is 7.15. The summed E-state index contributed by atoms with van der Waals surface area (Å²) in [6.45, 7) is 5.96. The molecule has 0 saturated carbocycles. The van der Waals surface area contributed by atoms with Crippen LogP contribution in [0.3, 0.4) is 0 Å². The number of piperidine rings is 1. The summed E-state index contributed by atoms with van der Waals surface area (Å²) < 4.78 is 5.25. The maximum absolute atomic E-state index is 14.4. The number of carbonyl (C=O) groups excluding carboxylic acids is 4. The van der Waals surface area contributed by atoms with Crippen molar-refractivity contribution in [1.29, 1.82) is 0 Å². The van der Waals surface area contributed by atoms with Gasteiger partial charge in [0.2, 0.25) is 11.8 Å². The van der Waals surface area contributed by atoms with Crippen LogP contribution in [0.4, 0.5) is 4.79 Å². The number of ether oxygens (including phenoxy) is 1. The average Bonchev–Trinajstić information content (AvgIpc) is 3.08. The average molecular weight is 788 g/mol. The maximum atomic E-state index is 14.4. The number of hydrogen-bond acceptors (Lipinski definition) is 5. The molecule has 3 aromatic rings. The molecular formula is C40H43Cl4N3O5. The molecule has 12 heteroatoms. The van der Waals surface area contributed by atoms with Gasteiger partial charge in [-0.1, -0.05) is 102 Å². The normalized spacial score (nSPS) is 15.4. The number of benzene rings is 3. The number of rotatable bonds is 13. The van der Waals surface area contributed by atoms with E-state index in [0.717, 1.165) is 24.8 Å². The van der Waals surface area contributed by atoms with Gasteiger partial charge < -0.3 is 20.3 Å². The van der Waals surface area contributed by atoms with E-state index >= 15 is 0 Å². The van der Waals surface area contributed by atoms with Crippen molar-refractivity contribution >= 4 is 82.2 Å². The molecule has 0 radical (unpaired) electrons. The summed E-state index contributed by atoms with van der Waals surface area (Å²) >= 11 is 24.8. The lowest BCUT2D eigenvalue weighted by atomic mass is 9.93. The van der Waals surface area contributed by atoms with Gasteiger partial charge in [-0.3, -0.25) is 14.4 Å². The quantitative estimate of drug-likeness (QED) is 0.133. The topological polar surface area (TPSA) is 105 Å². The van der Waals surface area contributed by atoms with Crippen molar-refractivity contribution in [3.8, 4) is 0 Å². The first-order valence-corrected chi connectivity index (χ1v) is 18.6. The fourth-order valence-electron chi connectivity index (χ4n) is 5.61. The highest BCUT2D eigenvalue weighted by Crippen LogP contribution is 2.29. The van der Waals surface area contributed by atoms with Gasteiger partial charge in [0.1, 0.15) is 11.6 Å². The van der Waals surface area contributed by atoms with E-state index in [-0.39, 0.29) is 43.5 Å². The Hall–Kier alpha value is -3.82. The highest BCUT2D eigenvalue weighted by atomic mass is 35.5. The summed E-state index contributed by atoms with van der Waals surface area (Å²) in [6, 6.07) is 18.7. The van der Waals surface area contributed by atoms with Gasteiger partial charge in [-0.05, 0) is 86.7 Å². The van der Waals surface area contributed by atoms with Crippen LogP contribution in [0, 0.1) is 0 Å². The summed E-state index contributed by atoms with van der Waals surface area (Å²) in [7, 11) is 0. The number of alkyl carbamates (subject to hydrolysis) is 1. The van der Waals surface area contributed by atoms with Crippen LogP contribution in [0.5, 0.6) is 0 Å². The van der Waals surface area contributed by atoms with E-state index in [1.165, 1.54) is 0 Å². The van der Waals surface area contributed by atoms with Gasteiger partial charge in [-0.2, -0.15) is 0 Å². The summed E-state index contributed by atoms with van der Waals surface area (Å²) in [6.07, 6.45) is 6.41. The Morgan fingerprint density at radius 1 is 0.788 bits per heavy atom. The summed E-state index contributed by atoms with van der Waals surface area (Å²) in [5.74, 6) is -0.795. The van der Waals surface area contributed by atoms with Crippen LogP contribution in [0.2, 0.25) is 20.1 Å². The number of ketones is 1. The summed E-state index contributed by atoms with van der Waals surface area (Å²) in [5.41, 5.74) is 2.36. The molecule has 1 atom stereocenters. The van der Waals surface area contributed by atoms with Gasteiger partial charge in [0.25, 0.3) is 0 Å². The van der Waals surface area contributed by atoms with E-state index in [1.807, 2.05) is 51.1 Å². The maximum Gasteiger partial charge on any atom is 0.407 e. The molecule has 1 aliphatic heterocycles. The molecule has 1 unspecified atom stereocenters. The first-order chi connectivity index (χ1) is 24.7. The smallest absolute Gasteiger partial charge is 0.407 e. The van der Waals surface area contributed by atoms with Gasteiger partial charge in [0, 0.05) is 43.6 Å². The van der Waals surface area contributed by atoms with Crippen molar-refractivity contribution in [3.63, 3.8) is 0 Å². The summed E-state index contributed by atoms with van der Waals surface area (Å²) in [4.78, 5) is 54.9. The van der Waals surface area contributed by atoms with Gasteiger partial charge in [0.15, 0.2) is 5.78 Å². The Morgan fingerprint density at radius 3 is 1.88 bits per heavy atom. The molecule has 1 fully saturated rings. The second-order valence-corrected chi connectivity index (χ2v) is 15.2. The van der Waals surface area contributed by atoms with E-state index in [4.69, 9.17) is 51.1 Å². The van der Waals surface area contributed by atoms with Crippen molar-refractivity contribution in [3.05, 3.63) is 115 Å². The molecule has 276 valence electrons. The van der Waals surface area contributed by atoms with Crippen LogP contribution >= 0.6 is 46.4 Å². The van der Waals surface area contributed by atoms with Crippen LogP contribution in [-0.2, 0) is 25.5 Å². The van der Waals surface area contributed by atoms with E-state index < -0.39 is 17.7 Å². The molecule has 0 bridgehead atoms. The monoisotopic (exact) mass is 785 g/mol. The van der Waals surface area contributed by atoms with Crippen LogP contribution in [0.25, 0.3) is 12.2 Å². The van der Waals surface area contributed by atoms with E-state index in [0.29, 0.717) is 55.3 Å². The lowest BCUT2D eigenvalue weighted by Gasteiger charge is -2.33. The van der Waals surface area contributed by atoms with Crippen molar-refractivity contribution in [1.82, 2.24) is 15.5 Å². The lowest BCUT2D eigenvalue weighted by Crippen LogP contribution is -2.52. The van der Waals surface area contributed by atoms with Crippen LogP contribution in [-0.4, -0.2) is 59.9 Å². The van der Waals surface area contributed by atoms with Gasteiger partial charge in [-0.25, -0.2) is 4.79 Å². The molecule has 0 aromatic heterocycles. The minimum absolute atomic E-state index is 0.0229. The Morgan fingerprint density at radius 2 is 1.35 bits per heavy atom. The molecule has 1 aliphatic rings. The van der Waals surface area contributed by atoms with E-state index in [9.17, 15) is 19.2 Å². The predicted octanol–water partition coefficient (Wildman–Crippen LogP) is 9.38. The zero-order valence-corrected chi connectivity index (χ0v) is 32.5. The first-order valence-electron chi connectivity index (χ1n) is 17.1. The predicted molar refractivity (Wildman–Crippen MR) is 210 cm³/mol. The molecule has 2 N–H and O–H groups in total. The fourth-order valence-corrected chi connectivity index (χ4v) is 6.22. The number of Topliss-reactive ketones (excluding diaryl/α,β-unsaturated/α-hetero) is 1. The molecule has 0 aliphatic carbocycles. The third kappa shape index (κ3) is 13.0. The number of nitrogens with one attached hydrogen (secondary N) is 2. The Bertz CT molecular complexity index is 1750. The van der Waals surface area contributed by atoms with Crippen LogP contribution in [0.1, 0.15) is 69.6 Å². The van der Waals surface area contributed by atoms with Gasteiger partial charge in [0.05, 0.1) is 20.1 Å². The molecule has 1 saturated heterocycles. The Kier molecular flexibility index (Phi) is 15.2. The lowest BCUT2D eigenvalue weighted by molar-refractivity contribution is -0.136. The third-order valence-corrected chi connectivity index (χ3v) is 9.58. The van der Waals surface area contributed by atoms with Crippen molar-refractivity contribution in [2.75, 3.05) is 19.6 Å². The van der Waals surface area contributed by atoms with Gasteiger partial charge in [-0.15, -0.1) is 0 Å². The van der Waals surface area contributed by atoms with Crippen LogP contribution in [0.15, 0.2) is 77.9 Å². The minimum Gasteiger partial charge on any atom is -0.444 e. The molecular weight excluding hydrogens is 744 g/mol. The number of halogens is 4. The zero-order valence-electron chi connectivity index (χ0n) is 29.4. The van der Waals surface area contributed by atoms with Crippen LogP contribution < -0.4 is 10.6 Å².